The average molecular weight is 390 g/mol. The Morgan fingerprint density at radius 1 is 1.11 bits per heavy atom. The van der Waals surface area contributed by atoms with E-state index >= 15 is 0 Å². The molecular weight excluding hydrogens is 369 g/mol. The van der Waals surface area contributed by atoms with Gasteiger partial charge in [0.15, 0.2) is 0 Å². The van der Waals surface area contributed by atoms with Gasteiger partial charge in [0.1, 0.15) is 17.2 Å². The Labute approximate surface area is 161 Å². The maximum Gasteiger partial charge on any atom is 0.433 e. The van der Waals surface area contributed by atoms with E-state index in [1.807, 2.05) is 36.4 Å². The fraction of sp³-hybridized carbons (Fsp3) is 0.350. The standard InChI is InChI=1S/C20H21F3N4O/c1-15-24-17(14-18(25-15)20(21,22)23)19(28)27-12-10-26(11-13-27)9-5-8-16-6-3-2-4-7-16/h2-8,14H,9-13H2,1H3. The lowest BCUT2D eigenvalue weighted by molar-refractivity contribution is -0.141. The molecule has 0 saturated carbocycles. The van der Waals surface area contributed by atoms with E-state index in [-0.39, 0.29) is 11.5 Å². The van der Waals surface area contributed by atoms with Gasteiger partial charge in [-0.15, -0.1) is 0 Å². The van der Waals surface area contributed by atoms with Gasteiger partial charge in [-0.3, -0.25) is 9.69 Å². The summed E-state index contributed by atoms with van der Waals surface area (Å²) in [4.78, 5) is 23.6. The van der Waals surface area contributed by atoms with Crippen LogP contribution in [0.25, 0.3) is 6.08 Å². The molecule has 2 heterocycles. The van der Waals surface area contributed by atoms with Crippen molar-refractivity contribution >= 4 is 12.0 Å². The van der Waals surface area contributed by atoms with E-state index in [1.165, 1.54) is 6.92 Å². The summed E-state index contributed by atoms with van der Waals surface area (Å²) in [5.41, 5.74) is -0.179. The molecule has 0 radical (unpaired) electrons. The summed E-state index contributed by atoms with van der Waals surface area (Å²) in [6, 6.07) is 10.7. The van der Waals surface area contributed by atoms with Crippen molar-refractivity contribution in [2.24, 2.45) is 0 Å². The minimum absolute atomic E-state index is 0.0668. The molecule has 148 valence electrons. The molecule has 2 aromatic rings. The highest BCUT2D eigenvalue weighted by Gasteiger charge is 2.34. The summed E-state index contributed by atoms with van der Waals surface area (Å²) in [5, 5.41) is 0. The second kappa shape index (κ2) is 8.52. The lowest BCUT2D eigenvalue weighted by atomic mass is 10.2. The topological polar surface area (TPSA) is 49.3 Å². The molecule has 28 heavy (non-hydrogen) atoms. The molecule has 0 spiro atoms. The van der Waals surface area contributed by atoms with Crippen molar-refractivity contribution < 1.29 is 18.0 Å². The van der Waals surface area contributed by atoms with E-state index in [2.05, 4.69) is 20.9 Å². The monoisotopic (exact) mass is 390 g/mol. The molecule has 1 aromatic heterocycles. The predicted molar refractivity (Wildman–Crippen MR) is 99.6 cm³/mol. The number of carbonyl (C=O) groups is 1. The summed E-state index contributed by atoms with van der Waals surface area (Å²) in [6.07, 6.45) is -0.497. The van der Waals surface area contributed by atoms with Gasteiger partial charge in [0, 0.05) is 38.8 Å². The smallest absolute Gasteiger partial charge is 0.335 e. The van der Waals surface area contributed by atoms with E-state index in [9.17, 15) is 18.0 Å². The molecule has 5 nitrogen and oxygen atoms in total. The predicted octanol–water partition coefficient (Wildman–Crippen LogP) is 3.28. The number of rotatable bonds is 4. The molecule has 1 amide bonds. The number of carbonyl (C=O) groups excluding carboxylic acids is 1. The number of benzene rings is 1. The number of aryl methyl sites for hydroxylation is 1. The molecule has 0 bridgehead atoms. The fourth-order valence-corrected chi connectivity index (χ4v) is 3.02. The van der Waals surface area contributed by atoms with Crippen molar-refractivity contribution in [3.63, 3.8) is 0 Å². The van der Waals surface area contributed by atoms with E-state index in [0.717, 1.165) is 18.2 Å². The molecule has 3 rings (SSSR count). The number of alkyl halides is 3. The summed E-state index contributed by atoms with van der Waals surface area (Å²) in [5.74, 6) is -0.557. The third-order valence-corrected chi connectivity index (χ3v) is 4.48. The van der Waals surface area contributed by atoms with Gasteiger partial charge >= 0.3 is 6.18 Å². The third-order valence-electron chi connectivity index (χ3n) is 4.48. The Hall–Kier alpha value is -2.74. The van der Waals surface area contributed by atoms with Gasteiger partial charge < -0.3 is 4.90 Å². The van der Waals surface area contributed by atoms with Gasteiger partial charge in [-0.2, -0.15) is 13.2 Å². The van der Waals surface area contributed by atoms with Crippen LogP contribution in [0.3, 0.4) is 0 Å². The van der Waals surface area contributed by atoms with Crippen LogP contribution in [-0.2, 0) is 6.18 Å². The molecule has 8 heteroatoms. The van der Waals surface area contributed by atoms with Crippen LogP contribution in [-0.4, -0.2) is 58.4 Å². The number of hydrogen-bond acceptors (Lipinski definition) is 4. The molecule has 0 atom stereocenters. The zero-order valence-electron chi connectivity index (χ0n) is 15.5. The van der Waals surface area contributed by atoms with Crippen LogP contribution in [0, 0.1) is 6.92 Å². The number of hydrogen-bond donors (Lipinski definition) is 0. The molecule has 1 fully saturated rings. The van der Waals surface area contributed by atoms with Gasteiger partial charge in [0.2, 0.25) is 0 Å². The molecule has 1 aromatic carbocycles. The van der Waals surface area contributed by atoms with Crippen molar-refractivity contribution in [1.82, 2.24) is 19.8 Å². The quantitative estimate of drug-likeness (QED) is 0.804. The number of amides is 1. The van der Waals surface area contributed by atoms with Crippen LogP contribution in [0.15, 0.2) is 42.5 Å². The second-order valence-electron chi connectivity index (χ2n) is 6.59. The SMILES string of the molecule is Cc1nc(C(=O)N2CCN(CC=Cc3ccccc3)CC2)cc(C(F)(F)F)n1. The first-order chi connectivity index (χ1) is 13.3. The normalized spacial score (nSPS) is 15.9. The Kier molecular flexibility index (Phi) is 6.08. The maximum absolute atomic E-state index is 12.9. The van der Waals surface area contributed by atoms with Crippen LogP contribution in [0.4, 0.5) is 13.2 Å². The van der Waals surface area contributed by atoms with Crippen LogP contribution in [0.5, 0.6) is 0 Å². The first-order valence-electron chi connectivity index (χ1n) is 8.99. The Bertz CT molecular complexity index is 844. The van der Waals surface area contributed by atoms with Gasteiger partial charge in [-0.1, -0.05) is 42.5 Å². The number of halogens is 3. The summed E-state index contributed by atoms with van der Waals surface area (Å²) >= 11 is 0. The van der Waals surface area contributed by atoms with Gasteiger partial charge in [0.05, 0.1) is 0 Å². The van der Waals surface area contributed by atoms with Crippen molar-refractivity contribution in [3.8, 4) is 0 Å². The Morgan fingerprint density at radius 3 is 2.43 bits per heavy atom. The molecular formula is C20H21F3N4O. The fourth-order valence-electron chi connectivity index (χ4n) is 3.02. The van der Waals surface area contributed by atoms with Crippen LogP contribution in [0.2, 0.25) is 0 Å². The maximum atomic E-state index is 12.9. The van der Waals surface area contributed by atoms with Gasteiger partial charge in [0.25, 0.3) is 5.91 Å². The lowest BCUT2D eigenvalue weighted by Crippen LogP contribution is -2.48. The van der Waals surface area contributed by atoms with Crippen molar-refractivity contribution in [2.75, 3.05) is 32.7 Å². The second-order valence-corrected chi connectivity index (χ2v) is 6.59. The molecule has 1 aliphatic heterocycles. The zero-order valence-corrected chi connectivity index (χ0v) is 15.5. The molecule has 0 N–H and O–H groups in total. The minimum Gasteiger partial charge on any atom is -0.335 e. The highest BCUT2D eigenvalue weighted by atomic mass is 19.4. The largest absolute Gasteiger partial charge is 0.433 e. The van der Waals surface area contributed by atoms with Crippen molar-refractivity contribution in [2.45, 2.75) is 13.1 Å². The highest BCUT2D eigenvalue weighted by molar-refractivity contribution is 5.92. The van der Waals surface area contributed by atoms with Crippen LogP contribution < -0.4 is 0 Å². The highest BCUT2D eigenvalue weighted by Crippen LogP contribution is 2.28. The third kappa shape index (κ3) is 5.16. The van der Waals surface area contributed by atoms with E-state index in [4.69, 9.17) is 0 Å². The average Bonchev–Trinajstić information content (AvgIpc) is 2.68. The molecule has 0 unspecified atom stereocenters. The summed E-state index contributed by atoms with van der Waals surface area (Å²) in [6.45, 7) is 4.30. The summed E-state index contributed by atoms with van der Waals surface area (Å²) in [7, 11) is 0. The van der Waals surface area contributed by atoms with Crippen molar-refractivity contribution in [1.29, 1.82) is 0 Å². The zero-order chi connectivity index (χ0) is 20.1. The molecule has 1 aliphatic rings. The minimum atomic E-state index is -4.60. The van der Waals surface area contributed by atoms with Gasteiger partial charge in [-0.05, 0) is 12.5 Å². The molecule has 1 saturated heterocycles. The Balaban J connectivity index is 1.57. The van der Waals surface area contributed by atoms with E-state index in [0.29, 0.717) is 26.2 Å². The van der Waals surface area contributed by atoms with Gasteiger partial charge in [-0.25, -0.2) is 9.97 Å². The summed E-state index contributed by atoms with van der Waals surface area (Å²) < 4.78 is 38.8. The number of piperazine rings is 1. The first-order valence-corrected chi connectivity index (χ1v) is 8.99. The molecule has 0 aliphatic carbocycles. The van der Waals surface area contributed by atoms with E-state index < -0.39 is 17.8 Å². The van der Waals surface area contributed by atoms with Crippen LogP contribution >= 0.6 is 0 Å². The number of aromatic nitrogens is 2. The van der Waals surface area contributed by atoms with E-state index in [1.54, 1.807) is 4.90 Å². The van der Waals surface area contributed by atoms with Crippen LogP contribution in [0.1, 0.15) is 27.6 Å². The Morgan fingerprint density at radius 2 is 1.79 bits per heavy atom. The first kappa shape index (κ1) is 20.0. The van der Waals surface area contributed by atoms with Crippen molar-refractivity contribution in [3.05, 3.63) is 65.2 Å². The number of nitrogens with zero attached hydrogens (tertiary/aromatic N) is 4. The lowest BCUT2D eigenvalue weighted by Gasteiger charge is -2.34.